The molecule has 4 rings (SSSR count). The molecule has 1 aliphatic rings. The van der Waals surface area contributed by atoms with Gasteiger partial charge >= 0.3 is 0 Å². The van der Waals surface area contributed by atoms with Crippen molar-refractivity contribution in [3.8, 4) is 11.1 Å². The van der Waals surface area contributed by atoms with Crippen LogP contribution in [0.15, 0.2) is 35.6 Å². The number of fused-ring (bicyclic) bond motifs is 1. The molecule has 0 atom stereocenters. The second-order valence-electron chi connectivity index (χ2n) is 7.99. The molecule has 0 amide bonds. The fourth-order valence-electron chi connectivity index (χ4n) is 3.77. The number of anilines is 1. The van der Waals surface area contributed by atoms with Crippen molar-refractivity contribution < 1.29 is 8.78 Å². The third kappa shape index (κ3) is 4.28. The summed E-state index contributed by atoms with van der Waals surface area (Å²) in [4.78, 5) is 16.7. The number of halogens is 2. The minimum atomic E-state index is -2.54. The Morgan fingerprint density at radius 3 is 2.69 bits per heavy atom. The van der Waals surface area contributed by atoms with Gasteiger partial charge in [0.15, 0.2) is 0 Å². The highest BCUT2D eigenvalue weighted by molar-refractivity contribution is 5.94. The standard InChI is InChI=1S/C22H25F2N5/c1-13(2)27-19-5-4-15(10-14(19)3)17-11-25-20-18(17)12-26-21(29-20)28-16-6-8-22(23,24)9-7-16/h4-5,10-12,16H,6-9H2,1-3H3,(H2,25,26,28,29). The predicted octanol–water partition coefficient (Wildman–Crippen LogP) is 6.04. The lowest BCUT2D eigenvalue weighted by molar-refractivity contribution is -0.0361. The Morgan fingerprint density at radius 1 is 1.24 bits per heavy atom. The SMILES string of the molecule is CC(C)=Nc1ccc(-c2c[nH]c3nc(NC4CCC(F)(F)CC4)ncc23)cc1C. The zero-order valence-electron chi connectivity index (χ0n) is 16.9. The van der Waals surface area contributed by atoms with Gasteiger partial charge in [0.1, 0.15) is 5.65 Å². The van der Waals surface area contributed by atoms with E-state index in [0.717, 1.165) is 39.1 Å². The zero-order chi connectivity index (χ0) is 20.6. The molecular weight excluding hydrogens is 372 g/mol. The first-order valence-corrected chi connectivity index (χ1v) is 9.92. The van der Waals surface area contributed by atoms with Crippen LogP contribution < -0.4 is 5.32 Å². The third-order valence-electron chi connectivity index (χ3n) is 5.33. The topological polar surface area (TPSA) is 66.0 Å². The summed E-state index contributed by atoms with van der Waals surface area (Å²) in [6.45, 7) is 6.01. The fourth-order valence-corrected chi connectivity index (χ4v) is 3.77. The van der Waals surface area contributed by atoms with Gasteiger partial charge in [-0.15, -0.1) is 0 Å². The van der Waals surface area contributed by atoms with E-state index in [0.29, 0.717) is 18.8 Å². The van der Waals surface area contributed by atoms with Crippen LogP contribution in [-0.2, 0) is 0 Å². The number of nitrogens with zero attached hydrogens (tertiary/aromatic N) is 3. The molecular formula is C22H25F2N5. The number of hydrogen-bond donors (Lipinski definition) is 2. The Labute approximate surface area is 168 Å². The van der Waals surface area contributed by atoms with Gasteiger partial charge in [0, 0.05) is 47.9 Å². The highest BCUT2D eigenvalue weighted by Gasteiger charge is 2.35. The Kier molecular flexibility index (Phi) is 5.06. The van der Waals surface area contributed by atoms with Crippen molar-refractivity contribution in [2.75, 3.05) is 5.32 Å². The average Bonchev–Trinajstić information content (AvgIpc) is 3.08. The molecule has 0 spiro atoms. The van der Waals surface area contributed by atoms with E-state index in [1.54, 1.807) is 6.20 Å². The second-order valence-corrected chi connectivity index (χ2v) is 7.99. The van der Waals surface area contributed by atoms with Crippen molar-refractivity contribution in [3.05, 3.63) is 36.2 Å². The number of aliphatic imine (C=N–C) groups is 1. The second kappa shape index (κ2) is 7.54. The Morgan fingerprint density at radius 2 is 2.00 bits per heavy atom. The third-order valence-corrected chi connectivity index (χ3v) is 5.33. The van der Waals surface area contributed by atoms with Crippen LogP contribution in [0, 0.1) is 6.92 Å². The minimum absolute atomic E-state index is 0.0146. The van der Waals surface area contributed by atoms with Crippen LogP contribution in [-0.4, -0.2) is 32.6 Å². The monoisotopic (exact) mass is 397 g/mol. The van der Waals surface area contributed by atoms with Crippen molar-refractivity contribution >= 4 is 28.4 Å². The Balaban J connectivity index is 1.56. The summed E-state index contributed by atoms with van der Waals surface area (Å²) in [6, 6.07) is 6.16. The van der Waals surface area contributed by atoms with Gasteiger partial charge in [-0.2, -0.15) is 4.98 Å². The molecule has 0 unspecified atom stereocenters. The van der Waals surface area contributed by atoms with Gasteiger partial charge in [-0.3, -0.25) is 4.99 Å². The number of hydrogen-bond acceptors (Lipinski definition) is 4. The molecule has 0 aliphatic heterocycles. The normalized spacial score (nSPS) is 16.7. The first kappa shape index (κ1) is 19.5. The highest BCUT2D eigenvalue weighted by Crippen LogP contribution is 2.35. The predicted molar refractivity (Wildman–Crippen MR) is 113 cm³/mol. The maximum Gasteiger partial charge on any atom is 0.248 e. The molecule has 3 aromatic rings. The number of H-pyrrole nitrogens is 1. The van der Waals surface area contributed by atoms with E-state index in [4.69, 9.17) is 0 Å². The van der Waals surface area contributed by atoms with E-state index in [-0.39, 0.29) is 18.9 Å². The number of aromatic nitrogens is 3. The number of rotatable bonds is 4. The van der Waals surface area contributed by atoms with Gasteiger partial charge in [-0.25, -0.2) is 13.8 Å². The average molecular weight is 397 g/mol. The molecule has 0 saturated heterocycles. The van der Waals surface area contributed by atoms with Crippen LogP contribution in [0.5, 0.6) is 0 Å². The van der Waals surface area contributed by atoms with Gasteiger partial charge < -0.3 is 10.3 Å². The first-order valence-electron chi connectivity index (χ1n) is 9.92. The number of aryl methyl sites for hydroxylation is 1. The molecule has 5 nitrogen and oxygen atoms in total. The number of aromatic amines is 1. The van der Waals surface area contributed by atoms with Crippen molar-refractivity contribution in [1.82, 2.24) is 15.0 Å². The minimum Gasteiger partial charge on any atom is -0.351 e. The van der Waals surface area contributed by atoms with Gasteiger partial charge in [-0.05, 0) is 56.9 Å². The largest absolute Gasteiger partial charge is 0.351 e. The van der Waals surface area contributed by atoms with E-state index in [1.165, 1.54) is 0 Å². The van der Waals surface area contributed by atoms with E-state index in [1.807, 2.05) is 39.1 Å². The van der Waals surface area contributed by atoms with Gasteiger partial charge in [0.05, 0.1) is 5.69 Å². The van der Waals surface area contributed by atoms with Crippen molar-refractivity contribution in [2.24, 2.45) is 4.99 Å². The molecule has 2 aromatic heterocycles. The molecule has 1 fully saturated rings. The quantitative estimate of drug-likeness (QED) is 0.528. The van der Waals surface area contributed by atoms with Gasteiger partial charge in [0.2, 0.25) is 11.9 Å². The van der Waals surface area contributed by atoms with Crippen molar-refractivity contribution in [2.45, 2.75) is 58.4 Å². The summed E-state index contributed by atoms with van der Waals surface area (Å²) in [5.74, 6) is -2.06. The summed E-state index contributed by atoms with van der Waals surface area (Å²) >= 11 is 0. The van der Waals surface area contributed by atoms with Gasteiger partial charge in [-0.1, -0.05) is 6.07 Å². The van der Waals surface area contributed by atoms with Crippen LogP contribution in [0.3, 0.4) is 0 Å². The summed E-state index contributed by atoms with van der Waals surface area (Å²) in [5.41, 5.74) is 5.91. The Bertz CT molecular complexity index is 1060. The molecule has 2 N–H and O–H groups in total. The first-order chi connectivity index (χ1) is 13.8. The number of alkyl halides is 2. The van der Waals surface area contributed by atoms with Crippen LogP contribution in [0.25, 0.3) is 22.2 Å². The highest BCUT2D eigenvalue weighted by atomic mass is 19.3. The molecule has 29 heavy (non-hydrogen) atoms. The van der Waals surface area contributed by atoms with E-state index in [2.05, 4.69) is 31.3 Å². The van der Waals surface area contributed by atoms with Crippen LogP contribution in [0.4, 0.5) is 20.4 Å². The molecule has 1 aliphatic carbocycles. The maximum absolute atomic E-state index is 13.3. The fraction of sp³-hybridized carbons (Fsp3) is 0.409. The summed E-state index contributed by atoms with van der Waals surface area (Å²) in [6.07, 6.45) is 4.39. The van der Waals surface area contributed by atoms with E-state index in [9.17, 15) is 8.78 Å². The molecule has 1 aromatic carbocycles. The lowest BCUT2D eigenvalue weighted by Crippen LogP contribution is -2.32. The van der Waals surface area contributed by atoms with Crippen molar-refractivity contribution in [3.63, 3.8) is 0 Å². The molecule has 0 radical (unpaired) electrons. The number of nitrogens with one attached hydrogen (secondary N) is 2. The lowest BCUT2D eigenvalue weighted by Gasteiger charge is -2.28. The molecule has 7 heteroatoms. The zero-order valence-corrected chi connectivity index (χ0v) is 16.9. The Hall–Kier alpha value is -2.83. The number of benzene rings is 1. The molecule has 2 heterocycles. The van der Waals surface area contributed by atoms with Gasteiger partial charge in [0.25, 0.3) is 0 Å². The molecule has 1 saturated carbocycles. The smallest absolute Gasteiger partial charge is 0.248 e. The summed E-state index contributed by atoms with van der Waals surface area (Å²) < 4.78 is 26.7. The lowest BCUT2D eigenvalue weighted by atomic mass is 9.92. The summed E-state index contributed by atoms with van der Waals surface area (Å²) in [7, 11) is 0. The van der Waals surface area contributed by atoms with E-state index >= 15 is 0 Å². The maximum atomic E-state index is 13.3. The van der Waals surface area contributed by atoms with Crippen LogP contribution in [0.2, 0.25) is 0 Å². The van der Waals surface area contributed by atoms with Crippen LogP contribution in [0.1, 0.15) is 45.1 Å². The van der Waals surface area contributed by atoms with Crippen molar-refractivity contribution in [1.29, 1.82) is 0 Å². The molecule has 0 bridgehead atoms. The van der Waals surface area contributed by atoms with Crippen LogP contribution >= 0.6 is 0 Å². The molecule has 152 valence electrons. The van der Waals surface area contributed by atoms with E-state index < -0.39 is 5.92 Å². The summed E-state index contributed by atoms with van der Waals surface area (Å²) in [5, 5.41) is 4.13.